The number of nitrogens with zero attached hydrogens (tertiary/aromatic N) is 2. The van der Waals surface area contributed by atoms with Crippen LogP contribution >= 0.6 is 0 Å². The molecule has 8 heteroatoms. The molecule has 36 heavy (non-hydrogen) atoms. The van der Waals surface area contributed by atoms with Crippen LogP contribution < -0.4 is 20.5 Å². The first-order chi connectivity index (χ1) is 17.4. The minimum Gasteiger partial charge on any atom is -0.477 e. The second-order valence-electron chi connectivity index (χ2n) is 9.09. The van der Waals surface area contributed by atoms with Crippen molar-refractivity contribution in [2.45, 2.75) is 39.2 Å². The number of carbonyl (C=O) groups is 1. The predicted octanol–water partition coefficient (Wildman–Crippen LogP) is 4.02. The summed E-state index contributed by atoms with van der Waals surface area (Å²) in [6.07, 6.45) is 2.93. The Morgan fingerprint density at radius 1 is 1.17 bits per heavy atom. The summed E-state index contributed by atoms with van der Waals surface area (Å²) in [7, 11) is 1.77. The lowest BCUT2D eigenvalue weighted by atomic mass is 9.95. The van der Waals surface area contributed by atoms with Gasteiger partial charge in [-0.05, 0) is 69.3 Å². The van der Waals surface area contributed by atoms with Gasteiger partial charge in [0.05, 0.1) is 25.0 Å². The van der Waals surface area contributed by atoms with Gasteiger partial charge in [-0.2, -0.15) is 4.98 Å². The van der Waals surface area contributed by atoms with E-state index in [0.29, 0.717) is 36.9 Å². The van der Waals surface area contributed by atoms with Crippen molar-refractivity contribution in [1.29, 1.82) is 0 Å². The summed E-state index contributed by atoms with van der Waals surface area (Å²) in [6.45, 7) is 12.2. The lowest BCUT2D eigenvalue weighted by molar-refractivity contribution is 0.0542. The number of likely N-dealkylation sites (tertiary alicyclic amines) is 1. The average molecular weight is 497 g/mol. The molecule has 1 unspecified atom stereocenters. The van der Waals surface area contributed by atoms with Gasteiger partial charge in [0, 0.05) is 20.2 Å². The molecule has 0 bridgehead atoms. The van der Waals surface area contributed by atoms with Crippen LogP contribution in [0.15, 0.2) is 43.0 Å². The number of methoxy groups -OCH3 is 1. The highest BCUT2D eigenvalue weighted by atomic mass is 16.5. The molecule has 196 valence electrons. The zero-order valence-electron chi connectivity index (χ0n) is 21.8. The fourth-order valence-corrected chi connectivity index (χ4v) is 4.44. The molecule has 0 aliphatic carbocycles. The number of benzene rings is 1. The maximum absolute atomic E-state index is 12.9. The SMILES string of the molecule is C=C(CC(CN1CCC(CNC(=O)c2cc(N)c(OCC)nc2OCC)CC1)OC)c1ccccc1. The van der Waals surface area contributed by atoms with Crippen molar-refractivity contribution in [2.75, 3.05) is 52.2 Å². The minimum absolute atomic E-state index is 0.101. The van der Waals surface area contributed by atoms with Crippen molar-refractivity contribution in [3.8, 4) is 11.8 Å². The van der Waals surface area contributed by atoms with E-state index >= 15 is 0 Å². The van der Waals surface area contributed by atoms with Crippen LogP contribution in [0.1, 0.15) is 49.0 Å². The van der Waals surface area contributed by atoms with Gasteiger partial charge in [0.2, 0.25) is 11.8 Å². The molecule has 1 saturated heterocycles. The Kier molecular flexibility index (Phi) is 10.6. The van der Waals surface area contributed by atoms with E-state index in [0.717, 1.165) is 50.0 Å². The first-order valence-electron chi connectivity index (χ1n) is 12.8. The summed E-state index contributed by atoms with van der Waals surface area (Å²) in [5, 5.41) is 3.05. The molecule has 0 radical (unpaired) electrons. The van der Waals surface area contributed by atoms with Gasteiger partial charge in [-0.3, -0.25) is 4.79 Å². The van der Waals surface area contributed by atoms with Gasteiger partial charge in [0.1, 0.15) is 5.56 Å². The number of hydrogen-bond acceptors (Lipinski definition) is 7. The Hall–Kier alpha value is -3.10. The Labute approximate surface area is 214 Å². The summed E-state index contributed by atoms with van der Waals surface area (Å²) < 4.78 is 16.8. The molecule has 1 aromatic carbocycles. The van der Waals surface area contributed by atoms with Crippen LogP contribution in [-0.4, -0.2) is 68.4 Å². The van der Waals surface area contributed by atoms with Crippen LogP contribution in [0.4, 0.5) is 5.69 Å². The van der Waals surface area contributed by atoms with Gasteiger partial charge in [-0.1, -0.05) is 36.9 Å². The van der Waals surface area contributed by atoms with Gasteiger partial charge >= 0.3 is 0 Å². The van der Waals surface area contributed by atoms with Crippen molar-refractivity contribution in [3.05, 3.63) is 54.1 Å². The zero-order chi connectivity index (χ0) is 25.9. The number of carbonyl (C=O) groups excluding carboxylic acids is 1. The molecule has 2 heterocycles. The molecule has 1 atom stereocenters. The summed E-state index contributed by atoms with van der Waals surface area (Å²) >= 11 is 0. The summed E-state index contributed by atoms with van der Waals surface area (Å²) in [4.78, 5) is 19.6. The van der Waals surface area contributed by atoms with Crippen molar-refractivity contribution in [1.82, 2.24) is 15.2 Å². The zero-order valence-corrected chi connectivity index (χ0v) is 21.8. The van der Waals surface area contributed by atoms with E-state index in [1.165, 1.54) is 0 Å². The number of rotatable bonds is 13. The van der Waals surface area contributed by atoms with Gasteiger partial charge in [-0.25, -0.2) is 0 Å². The number of nitrogen functional groups attached to an aromatic ring is 1. The smallest absolute Gasteiger partial charge is 0.256 e. The molecular weight excluding hydrogens is 456 g/mol. The fourth-order valence-electron chi connectivity index (χ4n) is 4.44. The Bertz CT molecular complexity index is 991. The van der Waals surface area contributed by atoms with Crippen LogP contribution in [-0.2, 0) is 4.74 Å². The van der Waals surface area contributed by atoms with Crippen LogP contribution in [0.2, 0.25) is 0 Å². The summed E-state index contributed by atoms with van der Waals surface area (Å²) in [5.41, 5.74) is 8.94. The maximum Gasteiger partial charge on any atom is 0.256 e. The number of pyridine rings is 1. The van der Waals surface area contributed by atoms with Gasteiger partial charge < -0.3 is 30.2 Å². The third kappa shape index (κ3) is 7.70. The standard InChI is InChI=1S/C28H40N4O4/c1-5-35-27-24(17-25(29)28(31-27)36-6-2)26(33)30-18-21-12-14-32(15-13-21)19-23(34-4)16-20(3)22-10-8-7-9-11-22/h7-11,17,21,23H,3,5-6,12-16,18-19,29H2,1-2,4H3,(H,30,33). The van der Waals surface area contributed by atoms with E-state index < -0.39 is 0 Å². The number of amides is 1. The third-order valence-corrected chi connectivity index (χ3v) is 6.50. The fraction of sp³-hybridized carbons (Fsp3) is 0.500. The number of ether oxygens (including phenoxy) is 3. The molecule has 3 rings (SSSR count). The van der Waals surface area contributed by atoms with Crippen molar-refractivity contribution in [2.24, 2.45) is 5.92 Å². The molecule has 1 aliphatic rings. The van der Waals surface area contributed by atoms with Crippen LogP contribution in [0.5, 0.6) is 11.8 Å². The number of nitrogens with one attached hydrogen (secondary N) is 1. The number of hydrogen-bond donors (Lipinski definition) is 2. The maximum atomic E-state index is 12.9. The molecule has 3 N–H and O–H groups in total. The summed E-state index contributed by atoms with van der Waals surface area (Å²) in [5.74, 6) is 0.702. The molecule has 8 nitrogen and oxygen atoms in total. The first kappa shape index (κ1) is 27.5. The van der Waals surface area contributed by atoms with Crippen molar-refractivity contribution >= 4 is 17.2 Å². The summed E-state index contributed by atoms with van der Waals surface area (Å²) in [6, 6.07) is 11.8. The average Bonchev–Trinajstić information content (AvgIpc) is 2.90. The van der Waals surface area contributed by atoms with E-state index in [1.807, 2.05) is 32.0 Å². The van der Waals surface area contributed by atoms with Crippen molar-refractivity contribution in [3.63, 3.8) is 0 Å². The van der Waals surface area contributed by atoms with Crippen LogP contribution in [0.3, 0.4) is 0 Å². The number of anilines is 1. The molecule has 1 fully saturated rings. The highest BCUT2D eigenvalue weighted by molar-refractivity contribution is 5.97. The lowest BCUT2D eigenvalue weighted by Crippen LogP contribution is -2.42. The molecule has 0 saturated carbocycles. The first-order valence-corrected chi connectivity index (χ1v) is 12.8. The number of nitrogens with two attached hydrogens (primary N) is 1. The highest BCUT2D eigenvalue weighted by Crippen LogP contribution is 2.27. The largest absolute Gasteiger partial charge is 0.477 e. The molecule has 1 aliphatic heterocycles. The highest BCUT2D eigenvalue weighted by Gasteiger charge is 2.24. The van der Waals surface area contributed by atoms with E-state index in [4.69, 9.17) is 19.9 Å². The molecule has 1 aromatic heterocycles. The normalized spacial score (nSPS) is 15.3. The Morgan fingerprint density at radius 3 is 2.47 bits per heavy atom. The number of aromatic nitrogens is 1. The van der Waals surface area contributed by atoms with Crippen molar-refractivity contribution < 1.29 is 19.0 Å². The minimum atomic E-state index is -0.234. The predicted molar refractivity (Wildman–Crippen MR) is 143 cm³/mol. The molecule has 1 amide bonds. The molecule has 2 aromatic rings. The van der Waals surface area contributed by atoms with E-state index in [2.05, 4.69) is 33.9 Å². The second kappa shape index (κ2) is 13.8. The van der Waals surface area contributed by atoms with E-state index in [-0.39, 0.29) is 23.8 Å². The Balaban J connectivity index is 1.47. The third-order valence-electron chi connectivity index (χ3n) is 6.50. The van der Waals surface area contributed by atoms with E-state index in [9.17, 15) is 4.79 Å². The monoisotopic (exact) mass is 496 g/mol. The topological polar surface area (TPSA) is 98.9 Å². The van der Waals surface area contributed by atoms with Gasteiger partial charge in [-0.15, -0.1) is 0 Å². The molecule has 0 spiro atoms. The number of piperidine rings is 1. The van der Waals surface area contributed by atoms with Gasteiger partial charge in [0.25, 0.3) is 5.91 Å². The quantitative estimate of drug-likeness (QED) is 0.432. The Morgan fingerprint density at radius 2 is 1.83 bits per heavy atom. The van der Waals surface area contributed by atoms with Gasteiger partial charge in [0.15, 0.2) is 0 Å². The van der Waals surface area contributed by atoms with E-state index in [1.54, 1.807) is 13.2 Å². The second-order valence-corrected chi connectivity index (χ2v) is 9.09. The molecular formula is C28H40N4O4. The van der Waals surface area contributed by atoms with Crippen LogP contribution in [0.25, 0.3) is 5.57 Å². The lowest BCUT2D eigenvalue weighted by Gasteiger charge is -2.34. The van der Waals surface area contributed by atoms with Crippen LogP contribution in [0, 0.1) is 5.92 Å².